The summed E-state index contributed by atoms with van der Waals surface area (Å²) >= 11 is 0. The third-order valence-electron chi connectivity index (χ3n) is 7.53. The van der Waals surface area contributed by atoms with E-state index in [4.69, 9.17) is 14.2 Å². The van der Waals surface area contributed by atoms with Crippen molar-refractivity contribution < 1.29 is 28.9 Å². The first-order valence-corrected chi connectivity index (χ1v) is 12.6. The average molecular weight is 474 g/mol. The predicted molar refractivity (Wildman–Crippen MR) is 128 cm³/mol. The van der Waals surface area contributed by atoms with E-state index in [9.17, 15) is 14.7 Å². The minimum atomic E-state index is -0.592. The number of carbonyl (C=O) groups excluding carboxylic acids is 2. The van der Waals surface area contributed by atoms with Crippen molar-refractivity contribution in [2.75, 3.05) is 7.11 Å². The van der Waals surface area contributed by atoms with E-state index in [0.717, 1.165) is 55.4 Å². The van der Waals surface area contributed by atoms with E-state index in [1.807, 2.05) is 45.9 Å². The zero-order valence-corrected chi connectivity index (χ0v) is 21.1. The summed E-state index contributed by atoms with van der Waals surface area (Å²) in [7, 11) is 1.44. The van der Waals surface area contributed by atoms with Crippen LogP contribution in [0.2, 0.25) is 0 Å². The molecule has 0 unspecified atom stereocenters. The Hall–Kier alpha value is -2.28. The van der Waals surface area contributed by atoms with E-state index < -0.39 is 17.3 Å². The van der Waals surface area contributed by atoms with E-state index >= 15 is 0 Å². The molecule has 3 atom stereocenters. The lowest BCUT2D eigenvalue weighted by Crippen LogP contribution is -2.49. The molecule has 34 heavy (non-hydrogen) atoms. The van der Waals surface area contributed by atoms with E-state index in [1.165, 1.54) is 7.11 Å². The maximum atomic E-state index is 12.3. The molecule has 0 aromatic heterocycles. The lowest BCUT2D eigenvalue weighted by Gasteiger charge is -2.45. The smallest absolute Gasteiger partial charge is 0.407 e. The molecule has 2 saturated carbocycles. The average Bonchev–Trinajstić information content (AvgIpc) is 3.58. The van der Waals surface area contributed by atoms with Crippen LogP contribution in [-0.2, 0) is 14.3 Å². The first-order chi connectivity index (χ1) is 16.0. The third kappa shape index (κ3) is 5.51. The number of benzene rings is 1. The summed E-state index contributed by atoms with van der Waals surface area (Å²) in [6, 6.07) is 6.06. The van der Waals surface area contributed by atoms with Gasteiger partial charge in [-0.25, -0.2) is 4.79 Å². The number of hydrogen-bond donors (Lipinski definition) is 2. The molecule has 7 heteroatoms. The van der Waals surface area contributed by atoms with Crippen molar-refractivity contribution in [2.45, 2.75) is 102 Å². The van der Waals surface area contributed by atoms with Crippen molar-refractivity contribution in [1.29, 1.82) is 0 Å². The fourth-order valence-corrected chi connectivity index (χ4v) is 5.68. The second kappa shape index (κ2) is 9.40. The zero-order chi connectivity index (χ0) is 24.7. The Bertz CT molecular complexity index is 910. The fourth-order valence-electron chi connectivity index (χ4n) is 5.68. The number of hydrogen-bond acceptors (Lipinski definition) is 6. The topological polar surface area (TPSA) is 94.1 Å². The van der Waals surface area contributed by atoms with Crippen LogP contribution < -0.4 is 10.1 Å². The Kier molecular flexibility index (Phi) is 6.87. The molecule has 1 heterocycles. The maximum absolute atomic E-state index is 12.3. The molecule has 1 amide bonds. The first kappa shape index (κ1) is 24.8. The van der Waals surface area contributed by atoms with Gasteiger partial charge in [-0.1, -0.05) is 19.1 Å². The minimum Gasteiger partial charge on any atom is -0.487 e. The first-order valence-electron chi connectivity index (χ1n) is 12.6. The Morgan fingerprint density at radius 1 is 1.18 bits per heavy atom. The second-order valence-electron chi connectivity index (χ2n) is 11.4. The van der Waals surface area contributed by atoms with Crippen LogP contribution in [0.1, 0.15) is 95.8 Å². The van der Waals surface area contributed by atoms with Gasteiger partial charge in [0, 0.05) is 18.0 Å². The van der Waals surface area contributed by atoms with Gasteiger partial charge in [0.1, 0.15) is 17.0 Å². The van der Waals surface area contributed by atoms with Crippen LogP contribution in [0.4, 0.5) is 4.79 Å². The molecule has 0 saturated heterocycles. The van der Waals surface area contributed by atoms with Gasteiger partial charge in [-0.3, -0.25) is 4.79 Å². The highest BCUT2D eigenvalue weighted by atomic mass is 16.6. The number of rotatable bonds is 5. The molecule has 1 aliphatic heterocycles. The van der Waals surface area contributed by atoms with Crippen LogP contribution >= 0.6 is 0 Å². The molecule has 0 radical (unpaired) electrons. The Labute approximate surface area is 202 Å². The molecule has 1 spiro atoms. The van der Waals surface area contributed by atoms with Gasteiger partial charge in [-0.15, -0.1) is 0 Å². The summed E-state index contributed by atoms with van der Waals surface area (Å²) in [5.41, 5.74) is 0.911. The SMILES string of the molecule is COC(=O)[C@H](C)[C@H](c1ccc2c(c1)OC1(CCC(NC(=O)OC(C)(C)C)CC1)C[C@H]2O)C1CC1. The summed E-state index contributed by atoms with van der Waals surface area (Å²) in [5, 5.41) is 13.9. The van der Waals surface area contributed by atoms with Crippen LogP contribution in [0.3, 0.4) is 0 Å². The number of ether oxygens (including phenoxy) is 3. The highest BCUT2D eigenvalue weighted by Crippen LogP contribution is 2.50. The molecule has 4 rings (SSSR count). The van der Waals surface area contributed by atoms with Gasteiger partial charge in [0.15, 0.2) is 0 Å². The van der Waals surface area contributed by atoms with Crippen LogP contribution in [0.15, 0.2) is 18.2 Å². The molecule has 2 fully saturated rings. The van der Waals surface area contributed by atoms with E-state index in [-0.39, 0.29) is 29.9 Å². The van der Waals surface area contributed by atoms with E-state index in [2.05, 4.69) is 5.32 Å². The summed E-state index contributed by atoms with van der Waals surface area (Å²) in [6.07, 6.45) is 4.83. The quantitative estimate of drug-likeness (QED) is 0.584. The summed E-state index contributed by atoms with van der Waals surface area (Å²) < 4.78 is 17.0. The highest BCUT2D eigenvalue weighted by molar-refractivity contribution is 5.73. The molecule has 1 aromatic carbocycles. The third-order valence-corrected chi connectivity index (χ3v) is 7.53. The predicted octanol–water partition coefficient (Wildman–Crippen LogP) is 5.01. The largest absolute Gasteiger partial charge is 0.487 e. The molecule has 188 valence electrons. The zero-order valence-electron chi connectivity index (χ0n) is 21.1. The number of amides is 1. The number of alkyl carbamates (subject to hydrolysis) is 1. The van der Waals surface area contributed by atoms with Crippen molar-refractivity contribution in [3.05, 3.63) is 29.3 Å². The molecule has 1 aromatic rings. The fraction of sp³-hybridized carbons (Fsp3) is 0.704. The molecule has 2 aliphatic carbocycles. The van der Waals surface area contributed by atoms with Crippen LogP contribution in [0.25, 0.3) is 0 Å². The van der Waals surface area contributed by atoms with Crippen molar-refractivity contribution in [3.8, 4) is 5.75 Å². The monoisotopic (exact) mass is 473 g/mol. The summed E-state index contributed by atoms with van der Waals surface area (Å²) in [6.45, 7) is 7.49. The molecule has 0 bridgehead atoms. The van der Waals surface area contributed by atoms with E-state index in [0.29, 0.717) is 12.3 Å². The van der Waals surface area contributed by atoms with Gasteiger partial charge in [0.25, 0.3) is 0 Å². The van der Waals surface area contributed by atoms with Gasteiger partial charge in [-0.05, 0) is 82.8 Å². The normalized spacial score (nSPS) is 28.3. The van der Waals surface area contributed by atoms with Crippen molar-refractivity contribution in [2.24, 2.45) is 11.8 Å². The molecular weight excluding hydrogens is 434 g/mol. The Balaban J connectivity index is 1.46. The number of fused-ring (bicyclic) bond motifs is 1. The molecular formula is C27H39NO6. The number of methoxy groups -OCH3 is 1. The van der Waals surface area contributed by atoms with Gasteiger partial charge in [0.05, 0.1) is 19.1 Å². The van der Waals surface area contributed by atoms with Crippen LogP contribution in [-0.4, -0.2) is 41.5 Å². The minimum absolute atomic E-state index is 0.0362. The second-order valence-corrected chi connectivity index (χ2v) is 11.4. The standard InChI is InChI=1S/C27H39NO6/c1-16(24(30)32-5)23(17-6-7-17)18-8-9-20-21(29)15-27(33-22(20)14-18)12-10-19(11-13-27)28-25(31)34-26(2,3)4/h8-9,14,16-17,19,21,23,29H,6-7,10-13,15H2,1-5H3,(H,28,31)/t16-,19?,21-,23+,27?/m1/s1. The number of aliphatic hydroxyl groups is 1. The lowest BCUT2D eigenvalue weighted by atomic mass is 9.75. The van der Waals surface area contributed by atoms with Gasteiger partial charge in [-0.2, -0.15) is 0 Å². The maximum Gasteiger partial charge on any atom is 0.407 e. The van der Waals surface area contributed by atoms with Gasteiger partial charge >= 0.3 is 12.1 Å². The Morgan fingerprint density at radius 2 is 1.85 bits per heavy atom. The number of aliphatic hydroxyl groups excluding tert-OH is 1. The molecule has 7 nitrogen and oxygen atoms in total. The summed E-state index contributed by atoms with van der Waals surface area (Å²) in [5.74, 6) is 0.863. The van der Waals surface area contributed by atoms with E-state index in [1.54, 1.807) is 0 Å². The van der Waals surface area contributed by atoms with Crippen molar-refractivity contribution in [1.82, 2.24) is 5.32 Å². The van der Waals surface area contributed by atoms with Crippen LogP contribution in [0, 0.1) is 11.8 Å². The number of carbonyl (C=O) groups is 2. The number of esters is 1. The summed E-state index contributed by atoms with van der Waals surface area (Å²) in [4.78, 5) is 24.5. The lowest BCUT2D eigenvalue weighted by molar-refractivity contribution is -0.145. The van der Waals surface area contributed by atoms with Crippen LogP contribution in [0.5, 0.6) is 5.75 Å². The van der Waals surface area contributed by atoms with Gasteiger partial charge < -0.3 is 24.6 Å². The molecule has 2 N–H and O–H groups in total. The van der Waals surface area contributed by atoms with Gasteiger partial charge in [0.2, 0.25) is 0 Å². The Morgan fingerprint density at radius 3 is 2.44 bits per heavy atom. The highest BCUT2D eigenvalue weighted by Gasteiger charge is 2.45. The molecule has 3 aliphatic rings. The number of nitrogens with one attached hydrogen (secondary N) is 1. The van der Waals surface area contributed by atoms with Crippen molar-refractivity contribution in [3.63, 3.8) is 0 Å². The van der Waals surface area contributed by atoms with Crippen molar-refractivity contribution >= 4 is 12.1 Å².